The van der Waals surface area contributed by atoms with Crippen LogP contribution in [-0.2, 0) is 4.79 Å². The van der Waals surface area contributed by atoms with Crippen LogP contribution in [0.5, 0.6) is 0 Å². The van der Waals surface area contributed by atoms with Crippen molar-refractivity contribution in [2.45, 2.75) is 33.6 Å². The van der Waals surface area contributed by atoms with Gasteiger partial charge in [-0.25, -0.2) is 0 Å². The number of benzene rings is 2. The summed E-state index contributed by atoms with van der Waals surface area (Å²) in [5.74, 6) is -0.0509. The molecular formula is C20H22BrNO2. The van der Waals surface area contributed by atoms with Crippen LogP contribution in [-0.4, -0.2) is 18.7 Å². The van der Waals surface area contributed by atoms with Gasteiger partial charge in [0.05, 0.1) is 0 Å². The van der Waals surface area contributed by atoms with Crippen molar-refractivity contribution in [3.05, 3.63) is 63.1 Å². The Bertz CT molecular complexity index is 783. The fraction of sp³-hybridized carbons (Fsp3) is 0.300. The Hall–Kier alpha value is -1.94. The number of hydrogen-bond acceptors (Lipinski definition) is 2. The van der Waals surface area contributed by atoms with Gasteiger partial charge >= 0.3 is 0 Å². The highest BCUT2D eigenvalue weighted by Gasteiger charge is 2.16. The number of Topliss-reactive ketones (excluding diaryl/α,β-unsaturated/α-hetero) is 1. The molecular weight excluding hydrogens is 366 g/mol. The maximum Gasteiger partial charge on any atom is 0.227 e. The number of anilines is 1. The number of aryl methyl sites for hydroxylation is 3. The van der Waals surface area contributed by atoms with Gasteiger partial charge in [0.1, 0.15) is 0 Å². The predicted octanol–water partition coefficient (Wildman–Crippen LogP) is 5.00. The SMILES string of the molecule is Cc1ccc(C(=O)CCC(=O)N(C)c2ccc(Br)cc2C)cc1C. The largest absolute Gasteiger partial charge is 0.315 e. The second-order valence-corrected chi connectivity index (χ2v) is 7.02. The number of amides is 1. The first-order valence-corrected chi connectivity index (χ1v) is 8.72. The Morgan fingerprint density at radius 3 is 2.25 bits per heavy atom. The molecule has 24 heavy (non-hydrogen) atoms. The first-order chi connectivity index (χ1) is 11.3. The molecule has 0 saturated carbocycles. The number of rotatable bonds is 5. The molecule has 2 rings (SSSR count). The molecule has 126 valence electrons. The maximum absolute atomic E-state index is 12.4. The average Bonchev–Trinajstić information content (AvgIpc) is 2.54. The quantitative estimate of drug-likeness (QED) is 0.676. The molecule has 2 aromatic carbocycles. The fourth-order valence-electron chi connectivity index (χ4n) is 2.58. The first-order valence-electron chi connectivity index (χ1n) is 7.92. The topological polar surface area (TPSA) is 37.4 Å². The number of ketones is 1. The maximum atomic E-state index is 12.4. The van der Waals surface area contributed by atoms with Crippen LogP contribution in [0.2, 0.25) is 0 Å². The van der Waals surface area contributed by atoms with Crippen molar-refractivity contribution in [3.63, 3.8) is 0 Å². The molecule has 0 spiro atoms. The van der Waals surface area contributed by atoms with Crippen LogP contribution in [0.3, 0.4) is 0 Å². The molecule has 0 N–H and O–H groups in total. The lowest BCUT2D eigenvalue weighted by Crippen LogP contribution is -2.27. The van der Waals surface area contributed by atoms with Crippen molar-refractivity contribution in [1.82, 2.24) is 0 Å². The van der Waals surface area contributed by atoms with E-state index in [1.807, 2.05) is 57.2 Å². The van der Waals surface area contributed by atoms with Crippen LogP contribution in [0, 0.1) is 20.8 Å². The van der Waals surface area contributed by atoms with Gasteiger partial charge in [-0.15, -0.1) is 0 Å². The minimum atomic E-state index is -0.0578. The number of carbonyl (C=O) groups excluding carboxylic acids is 2. The van der Waals surface area contributed by atoms with Gasteiger partial charge in [0.15, 0.2) is 5.78 Å². The third-order valence-electron chi connectivity index (χ3n) is 4.29. The van der Waals surface area contributed by atoms with Crippen molar-refractivity contribution in [3.8, 4) is 0 Å². The summed E-state index contributed by atoms with van der Waals surface area (Å²) in [7, 11) is 1.75. The molecule has 0 radical (unpaired) electrons. The molecule has 4 heteroatoms. The van der Waals surface area contributed by atoms with E-state index >= 15 is 0 Å². The Morgan fingerprint density at radius 1 is 0.917 bits per heavy atom. The third kappa shape index (κ3) is 4.32. The highest BCUT2D eigenvalue weighted by atomic mass is 79.9. The normalized spacial score (nSPS) is 10.5. The summed E-state index contributed by atoms with van der Waals surface area (Å²) >= 11 is 3.42. The van der Waals surface area contributed by atoms with Crippen LogP contribution in [0.15, 0.2) is 40.9 Å². The van der Waals surface area contributed by atoms with E-state index in [0.717, 1.165) is 26.9 Å². The van der Waals surface area contributed by atoms with Gasteiger partial charge in [0.2, 0.25) is 5.91 Å². The lowest BCUT2D eigenvalue weighted by Gasteiger charge is -2.19. The molecule has 0 bridgehead atoms. The third-order valence-corrected chi connectivity index (χ3v) is 4.78. The zero-order valence-electron chi connectivity index (χ0n) is 14.5. The Balaban J connectivity index is 2.01. The van der Waals surface area contributed by atoms with Crippen molar-refractivity contribution in [1.29, 1.82) is 0 Å². The van der Waals surface area contributed by atoms with E-state index in [2.05, 4.69) is 15.9 Å². The highest BCUT2D eigenvalue weighted by molar-refractivity contribution is 9.10. The van der Waals surface area contributed by atoms with E-state index < -0.39 is 0 Å². The second kappa shape index (κ2) is 7.75. The summed E-state index contributed by atoms with van der Waals surface area (Å²) in [4.78, 5) is 26.3. The van der Waals surface area contributed by atoms with E-state index in [4.69, 9.17) is 0 Å². The minimum Gasteiger partial charge on any atom is -0.315 e. The van der Waals surface area contributed by atoms with Crippen LogP contribution in [0.25, 0.3) is 0 Å². The van der Waals surface area contributed by atoms with E-state index in [0.29, 0.717) is 5.56 Å². The van der Waals surface area contributed by atoms with Gasteiger partial charge < -0.3 is 4.90 Å². The fourth-order valence-corrected chi connectivity index (χ4v) is 3.05. The van der Waals surface area contributed by atoms with Gasteiger partial charge in [-0.3, -0.25) is 9.59 Å². The zero-order valence-corrected chi connectivity index (χ0v) is 16.1. The first kappa shape index (κ1) is 18.4. The smallest absolute Gasteiger partial charge is 0.227 e. The molecule has 0 aliphatic heterocycles. The van der Waals surface area contributed by atoms with Gasteiger partial charge in [-0.2, -0.15) is 0 Å². The Labute approximate surface area is 151 Å². The Morgan fingerprint density at radius 2 is 1.62 bits per heavy atom. The summed E-state index contributed by atoms with van der Waals surface area (Å²) in [5.41, 5.74) is 4.80. The Kier molecular flexibility index (Phi) is 5.94. The summed E-state index contributed by atoms with van der Waals surface area (Å²) < 4.78 is 0.981. The molecule has 0 saturated heterocycles. The summed E-state index contributed by atoms with van der Waals surface area (Å²) in [6.45, 7) is 5.97. The average molecular weight is 388 g/mol. The van der Waals surface area contributed by atoms with Gasteiger partial charge in [-0.1, -0.05) is 28.1 Å². The predicted molar refractivity (Wildman–Crippen MR) is 102 cm³/mol. The van der Waals surface area contributed by atoms with Crippen molar-refractivity contribution >= 4 is 33.3 Å². The van der Waals surface area contributed by atoms with Gasteiger partial charge in [-0.05, 0) is 61.7 Å². The molecule has 0 aliphatic rings. The summed E-state index contributed by atoms with van der Waals surface area (Å²) in [6.07, 6.45) is 0.430. The van der Waals surface area contributed by atoms with Crippen molar-refractivity contribution in [2.24, 2.45) is 0 Å². The van der Waals surface area contributed by atoms with Gasteiger partial charge in [0, 0.05) is 35.6 Å². The van der Waals surface area contributed by atoms with Crippen molar-refractivity contribution < 1.29 is 9.59 Å². The second-order valence-electron chi connectivity index (χ2n) is 6.11. The molecule has 2 aromatic rings. The molecule has 0 fully saturated rings. The van der Waals surface area contributed by atoms with E-state index in [1.54, 1.807) is 11.9 Å². The molecule has 3 nitrogen and oxygen atoms in total. The van der Waals surface area contributed by atoms with Crippen LogP contribution in [0.4, 0.5) is 5.69 Å². The number of hydrogen-bond donors (Lipinski definition) is 0. The monoisotopic (exact) mass is 387 g/mol. The lowest BCUT2D eigenvalue weighted by molar-refractivity contribution is -0.118. The zero-order chi connectivity index (χ0) is 17.9. The number of nitrogens with zero attached hydrogens (tertiary/aromatic N) is 1. The minimum absolute atomic E-state index is 0.00683. The van der Waals surface area contributed by atoms with Crippen molar-refractivity contribution in [2.75, 3.05) is 11.9 Å². The number of carbonyl (C=O) groups is 2. The summed E-state index contributed by atoms with van der Waals surface area (Å²) in [6, 6.07) is 11.5. The number of halogens is 1. The highest BCUT2D eigenvalue weighted by Crippen LogP contribution is 2.24. The molecule has 1 amide bonds. The molecule has 0 atom stereocenters. The molecule has 0 heterocycles. The standard InChI is InChI=1S/C20H22BrNO2/c1-13-5-6-16(11-14(13)2)19(23)9-10-20(24)22(4)18-8-7-17(21)12-15(18)3/h5-8,11-12H,9-10H2,1-4H3. The van der Waals surface area contributed by atoms with Gasteiger partial charge in [0.25, 0.3) is 0 Å². The van der Waals surface area contributed by atoms with E-state index in [1.165, 1.54) is 0 Å². The van der Waals surface area contributed by atoms with E-state index in [-0.39, 0.29) is 24.5 Å². The molecule has 0 aliphatic carbocycles. The van der Waals surface area contributed by atoms with E-state index in [9.17, 15) is 9.59 Å². The van der Waals surface area contributed by atoms with Crippen LogP contribution >= 0.6 is 15.9 Å². The lowest BCUT2D eigenvalue weighted by atomic mass is 10.0. The summed E-state index contributed by atoms with van der Waals surface area (Å²) in [5, 5.41) is 0. The van der Waals surface area contributed by atoms with Crippen LogP contribution in [0.1, 0.15) is 39.9 Å². The van der Waals surface area contributed by atoms with Crippen LogP contribution < -0.4 is 4.90 Å². The molecule has 0 unspecified atom stereocenters. The molecule has 0 aromatic heterocycles.